The lowest BCUT2D eigenvalue weighted by molar-refractivity contribution is 0.122. The van der Waals surface area contributed by atoms with Gasteiger partial charge in [0.15, 0.2) is 0 Å². The highest BCUT2D eigenvalue weighted by Crippen LogP contribution is 2.27. The summed E-state index contributed by atoms with van der Waals surface area (Å²) in [5.41, 5.74) is 8.83. The van der Waals surface area contributed by atoms with E-state index in [0.717, 1.165) is 18.7 Å². The minimum absolute atomic E-state index is 0.362. The summed E-state index contributed by atoms with van der Waals surface area (Å²) in [4.78, 5) is 19.3. The fourth-order valence-corrected chi connectivity index (χ4v) is 2.96. The highest BCUT2D eigenvalue weighted by Gasteiger charge is 2.13. The zero-order valence-corrected chi connectivity index (χ0v) is 15.7. The van der Waals surface area contributed by atoms with Gasteiger partial charge in [0, 0.05) is 30.5 Å². The third-order valence-electron chi connectivity index (χ3n) is 4.27. The predicted molar refractivity (Wildman–Crippen MR) is 108 cm³/mol. The second-order valence-electron chi connectivity index (χ2n) is 6.11. The van der Waals surface area contributed by atoms with Crippen LogP contribution in [0.4, 0.5) is 11.8 Å². The summed E-state index contributed by atoms with van der Waals surface area (Å²) >= 11 is 5.97. The molecule has 0 aliphatic carbocycles. The van der Waals surface area contributed by atoms with E-state index in [4.69, 9.17) is 22.1 Å². The zero-order valence-electron chi connectivity index (χ0n) is 15.0. The number of nitrogens with zero attached hydrogens (tertiary/aromatic N) is 5. The summed E-state index contributed by atoms with van der Waals surface area (Å²) in [7, 11) is 0. The molecule has 2 N–H and O–H groups in total. The van der Waals surface area contributed by atoms with Crippen molar-refractivity contribution < 1.29 is 4.74 Å². The normalized spacial score (nSPS) is 13.7. The van der Waals surface area contributed by atoms with Crippen molar-refractivity contribution >= 4 is 23.4 Å². The van der Waals surface area contributed by atoms with E-state index in [-0.39, 0.29) is 0 Å². The van der Waals surface area contributed by atoms with Crippen molar-refractivity contribution in [1.82, 2.24) is 19.9 Å². The van der Waals surface area contributed by atoms with Crippen LogP contribution in [0.25, 0.3) is 11.1 Å². The molecule has 0 unspecified atom stereocenters. The lowest BCUT2D eigenvalue weighted by Crippen LogP contribution is -2.37. The Labute approximate surface area is 167 Å². The Hall–Kier alpha value is -3.21. The average Bonchev–Trinajstić information content (AvgIpc) is 2.74. The molecule has 3 heterocycles. The third-order valence-corrected chi connectivity index (χ3v) is 4.52. The van der Waals surface area contributed by atoms with E-state index >= 15 is 0 Å². The van der Waals surface area contributed by atoms with Crippen LogP contribution in [0.15, 0.2) is 43.0 Å². The maximum atomic E-state index is 6.07. The van der Waals surface area contributed by atoms with Crippen molar-refractivity contribution in [3.63, 3.8) is 0 Å². The van der Waals surface area contributed by atoms with E-state index in [2.05, 4.69) is 36.7 Å². The number of morpholine rings is 1. The van der Waals surface area contributed by atoms with Gasteiger partial charge in [-0.1, -0.05) is 29.7 Å². The van der Waals surface area contributed by atoms with Crippen LogP contribution >= 0.6 is 11.6 Å². The Morgan fingerprint density at radius 3 is 2.39 bits per heavy atom. The SMILES string of the molecule is Nc1ncnc(C#Cc2cnc(N3CCOCC3)nc2)c1-c1ccc(Cl)cc1. The van der Waals surface area contributed by atoms with Gasteiger partial charge in [-0.15, -0.1) is 0 Å². The predicted octanol–water partition coefficient (Wildman–Crippen LogP) is 2.41. The molecule has 0 bridgehead atoms. The van der Waals surface area contributed by atoms with Crippen LogP contribution in [-0.4, -0.2) is 46.2 Å². The number of nitrogen functional groups attached to an aromatic ring is 1. The monoisotopic (exact) mass is 392 g/mol. The Bertz CT molecular complexity index is 1020. The Balaban J connectivity index is 1.61. The molecule has 7 nitrogen and oxygen atoms in total. The third kappa shape index (κ3) is 4.03. The molecule has 0 spiro atoms. The number of hydrogen-bond donors (Lipinski definition) is 1. The summed E-state index contributed by atoms with van der Waals surface area (Å²) in [6, 6.07) is 7.31. The second kappa shape index (κ2) is 8.21. The van der Waals surface area contributed by atoms with Gasteiger partial charge in [0.2, 0.25) is 5.95 Å². The molecule has 8 heteroatoms. The average molecular weight is 393 g/mol. The standard InChI is InChI=1S/C20H17ClN6O/c21-16-4-2-15(3-5-16)18-17(25-13-26-19(18)22)6-1-14-11-23-20(24-12-14)27-7-9-28-10-8-27/h2-5,11-13H,7-10H2,(H2,22,25,26). The van der Waals surface area contributed by atoms with Crippen molar-refractivity contribution in [2.45, 2.75) is 0 Å². The quantitative estimate of drug-likeness (QED) is 0.669. The molecular weight excluding hydrogens is 376 g/mol. The zero-order chi connectivity index (χ0) is 19.3. The number of rotatable bonds is 2. The molecule has 2 aromatic heterocycles. The largest absolute Gasteiger partial charge is 0.383 e. The molecule has 1 aromatic carbocycles. The topological polar surface area (TPSA) is 90.0 Å². The van der Waals surface area contributed by atoms with Crippen LogP contribution in [0.5, 0.6) is 0 Å². The molecule has 1 saturated heterocycles. The molecular formula is C20H17ClN6O. The summed E-state index contributed by atoms with van der Waals surface area (Å²) < 4.78 is 5.35. The molecule has 1 fully saturated rings. The Morgan fingerprint density at radius 1 is 0.964 bits per heavy atom. The van der Waals surface area contributed by atoms with Gasteiger partial charge >= 0.3 is 0 Å². The highest BCUT2D eigenvalue weighted by atomic mass is 35.5. The van der Waals surface area contributed by atoms with Crippen LogP contribution in [0.3, 0.4) is 0 Å². The second-order valence-corrected chi connectivity index (χ2v) is 6.55. The van der Waals surface area contributed by atoms with Crippen LogP contribution in [0, 0.1) is 11.8 Å². The summed E-state index contributed by atoms with van der Waals surface area (Å²) in [6.45, 7) is 2.95. The first-order chi connectivity index (χ1) is 13.7. The first kappa shape index (κ1) is 18.2. The van der Waals surface area contributed by atoms with Crippen LogP contribution in [0.2, 0.25) is 5.02 Å². The minimum atomic E-state index is 0.362. The highest BCUT2D eigenvalue weighted by molar-refractivity contribution is 6.30. The summed E-state index contributed by atoms with van der Waals surface area (Å²) in [5, 5.41) is 0.643. The molecule has 0 radical (unpaired) electrons. The maximum Gasteiger partial charge on any atom is 0.225 e. The van der Waals surface area contributed by atoms with Gasteiger partial charge in [0.25, 0.3) is 0 Å². The number of hydrogen-bond acceptors (Lipinski definition) is 7. The molecule has 28 heavy (non-hydrogen) atoms. The number of anilines is 2. The van der Waals surface area contributed by atoms with E-state index in [1.54, 1.807) is 24.5 Å². The number of ether oxygens (including phenoxy) is 1. The smallest absolute Gasteiger partial charge is 0.225 e. The van der Waals surface area contributed by atoms with E-state index in [9.17, 15) is 0 Å². The number of benzene rings is 1. The maximum absolute atomic E-state index is 6.07. The number of nitrogens with two attached hydrogens (primary N) is 1. The van der Waals surface area contributed by atoms with Crippen molar-refractivity contribution in [2.75, 3.05) is 36.9 Å². The van der Waals surface area contributed by atoms with Gasteiger partial charge in [0.05, 0.1) is 24.3 Å². The molecule has 1 aliphatic heterocycles. The van der Waals surface area contributed by atoms with Crippen molar-refractivity contribution in [3.05, 3.63) is 59.3 Å². The van der Waals surface area contributed by atoms with Crippen LogP contribution < -0.4 is 10.6 Å². The first-order valence-corrected chi connectivity index (χ1v) is 9.11. The lowest BCUT2D eigenvalue weighted by Gasteiger charge is -2.26. The molecule has 0 saturated carbocycles. The molecule has 3 aromatic rings. The van der Waals surface area contributed by atoms with Crippen molar-refractivity contribution in [3.8, 4) is 23.0 Å². The van der Waals surface area contributed by atoms with Crippen LogP contribution in [-0.2, 0) is 4.74 Å². The van der Waals surface area contributed by atoms with Gasteiger partial charge < -0.3 is 15.4 Å². The van der Waals surface area contributed by atoms with E-state index in [1.165, 1.54) is 6.33 Å². The minimum Gasteiger partial charge on any atom is -0.383 e. The van der Waals surface area contributed by atoms with E-state index in [0.29, 0.717) is 46.8 Å². The van der Waals surface area contributed by atoms with Gasteiger partial charge in [-0.05, 0) is 23.6 Å². The fraction of sp³-hybridized carbons (Fsp3) is 0.200. The molecule has 140 valence electrons. The van der Waals surface area contributed by atoms with Gasteiger partial charge in [-0.3, -0.25) is 0 Å². The van der Waals surface area contributed by atoms with Gasteiger partial charge in [-0.2, -0.15) is 0 Å². The van der Waals surface area contributed by atoms with Crippen molar-refractivity contribution in [1.29, 1.82) is 0 Å². The van der Waals surface area contributed by atoms with Crippen molar-refractivity contribution in [2.24, 2.45) is 0 Å². The number of halogens is 1. The Morgan fingerprint density at radius 2 is 1.68 bits per heavy atom. The summed E-state index contributed by atoms with van der Waals surface area (Å²) in [5.74, 6) is 7.15. The number of aromatic nitrogens is 4. The van der Waals surface area contributed by atoms with Crippen LogP contribution in [0.1, 0.15) is 11.3 Å². The molecule has 0 atom stereocenters. The lowest BCUT2D eigenvalue weighted by atomic mass is 10.0. The molecule has 1 aliphatic rings. The van der Waals surface area contributed by atoms with E-state index in [1.807, 2.05) is 12.1 Å². The van der Waals surface area contributed by atoms with E-state index < -0.39 is 0 Å². The Kier molecular flexibility index (Phi) is 5.33. The molecule has 4 rings (SSSR count). The van der Waals surface area contributed by atoms with Gasteiger partial charge in [0.1, 0.15) is 17.8 Å². The van der Waals surface area contributed by atoms with Gasteiger partial charge in [-0.25, -0.2) is 19.9 Å². The summed E-state index contributed by atoms with van der Waals surface area (Å²) in [6.07, 6.45) is 4.81. The first-order valence-electron chi connectivity index (χ1n) is 8.74. The molecule has 0 amide bonds. The fourth-order valence-electron chi connectivity index (χ4n) is 2.84.